The maximum absolute atomic E-state index is 13.4. The number of carbonyl (C=O) groups excluding carboxylic acids is 2. The lowest BCUT2D eigenvalue weighted by Crippen LogP contribution is -2.38. The lowest BCUT2D eigenvalue weighted by atomic mass is 10.1. The van der Waals surface area contributed by atoms with E-state index in [0.29, 0.717) is 5.69 Å². The van der Waals surface area contributed by atoms with E-state index in [9.17, 15) is 18.0 Å². The van der Waals surface area contributed by atoms with Gasteiger partial charge in [0.25, 0.3) is 15.9 Å². The third-order valence-corrected chi connectivity index (χ3v) is 6.44. The largest absolute Gasteiger partial charge is 0.366 e. The number of para-hydroxylation sites is 1. The van der Waals surface area contributed by atoms with Gasteiger partial charge >= 0.3 is 0 Å². The van der Waals surface area contributed by atoms with Gasteiger partial charge in [0.1, 0.15) is 6.54 Å². The average Bonchev–Trinajstić information content (AvgIpc) is 2.72. The smallest absolute Gasteiger partial charge is 0.264 e. The number of nitrogens with zero attached hydrogens (tertiary/aromatic N) is 1. The molecule has 3 rings (SSSR count). The van der Waals surface area contributed by atoms with Gasteiger partial charge in [-0.1, -0.05) is 42.0 Å². The van der Waals surface area contributed by atoms with Crippen molar-refractivity contribution in [2.75, 3.05) is 16.2 Å². The number of carbonyl (C=O) groups is 2. The summed E-state index contributed by atoms with van der Waals surface area (Å²) in [7, 11) is -4.02. The highest BCUT2D eigenvalue weighted by Crippen LogP contribution is 2.25. The fraction of sp³-hybridized carbons (Fsp3) is 0.130. The quantitative estimate of drug-likeness (QED) is 0.591. The van der Waals surface area contributed by atoms with Crippen LogP contribution in [0.1, 0.15) is 21.5 Å². The molecule has 0 aliphatic carbocycles. The first-order valence-corrected chi connectivity index (χ1v) is 11.0. The van der Waals surface area contributed by atoms with Crippen LogP contribution in [0.3, 0.4) is 0 Å². The first-order chi connectivity index (χ1) is 14.7. The fourth-order valence-electron chi connectivity index (χ4n) is 3.06. The van der Waals surface area contributed by atoms with Gasteiger partial charge in [-0.3, -0.25) is 13.9 Å². The lowest BCUT2D eigenvalue weighted by Gasteiger charge is -2.24. The summed E-state index contributed by atoms with van der Waals surface area (Å²) >= 11 is 0. The molecule has 31 heavy (non-hydrogen) atoms. The summed E-state index contributed by atoms with van der Waals surface area (Å²) in [6, 6.07) is 19.6. The number of hydrogen-bond donors (Lipinski definition) is 2. The minimum atomic E-state index is -4.02. The van der Waals surface area contributed by atoms with E-state index in [4.69, 9.17) is 5.73 Å². The van der Waals surface area contributed by atoms with Gasteiger partial charge in [-0.2, -0.15) is 0 Å². The first-order valence-electron chi connectivity index (χ1n) is 9.53. The maximum atomic E-state index is 13.4. The number of anilines is 2. The van der Waals surface area contributed by atoms with Crippen molar-refractivity contribution in [3.8, 4) is 0 Å². The van der Waals surface area contributed by atoms with Gasteiger partial charge < -0.3 is 11.1 Å². The molecular formula is C23H23N3O4S. The van der Waals surface area contributed by atoms with E-state index >= 15 is 0 Å². The molecule has 0 atom stereocenters. The fourth-order valence-corrected chi connectivity index (χ4v) is 4.48. The van der Waals surface area contributed by atoms with E-state index in [-0.39, 0.29) is 16.1 Å². The molecule has 3 aromatic carbocycles. The third kappa shape index (κ3) is 5.10. The average molecular weight is 438 g/mol. The van der Waals surface area contributed by atoms with E-state index < -0.39 is 28.4 Å². The molecule has 7 nitrogen and oxygen atoms in total. The zero-order valence-corrected chi connectivity index (χ0v) is 18.0. The minimum Gasteiger partial charge on any atom is -0.366 e. The molecular weight excluding hydrogens is 414 g/mol. The number of nitrogens with two attached hydrogens (primary N) is 1. The molecule has 0 radical (unpaired) electrons. The number of sulfonamides is 1. The summed E-state index contributed by atoms with van der Waals surface area (Å²) in [6.45, 7) is 3.22. The van der Waals surface area contributed by atoms with E-state index in [1.54, 1.807) is 42.5 Å². The van der Waals surface area contributed by atoms with E-state index in [2.05, 4.69) is 5.32 Å². The Morgan fingerprint density at radius 2 is 1.58 bits per heavy atom. The Morgan fingerprint density at radius 1 is 0.903 bits per heavy atom. The molecule has 0 unspecified atom stereocenters. The second-order valence-electron chi connectivity index (χ2n) is 7.12. The number of aryl methyl sites for hydroxylation is 2. The summed E-state index contributed by atoms with van der Waals surface area (Å²) in [5.74, 6) is -1.30. The summed E-state index contributed by atoms with van der Waals surface area (Å²) in [4.78, 5) is 24.5. The van der Waals surface area contributed by atoms with Gasteiger partial charge in [-0.25, -0.2) is 8.42 Å². The van der Waals surface area contributed by atoms with Crippen LogP contribution in [0.15, 0.2) is 77.7 Å². The minimum absolute atomic E-state index is 0.0740. The predicted molar refractivity (Wildman–Crippen MR) is 120 cm³/mol. The third-order valence-electron chi connectivity index (χ3n) is 4.65. The second-order valence-corrected chi connectivity index (χ2v) is 8.98. The Balaban J connectivity index is 1.97. The van der Waals surface area contributed by atoms with Crippen molar-refractivity contribution in [3.63, 3.8) is 0 Å². The Kier molecular flexibility index (Phi) is 6.41. The molecule has 0 saturated carbocycles. The van der Waals surface area contributed by atoms with Gasteiger partial charge in [0.2, 0.25) is 5.91 Å². The van der Waals surface area contributed by atoms with Gasteiger partial charge in [0.05, 0.1) is 21.8 Å². The molecule has 0 fully saturated rings. The molecule has 3 N–H and O–H groups in total. The van der Waals surface area contributed by atoms with Crippen LogP contribution < -0.4 is 15.4 Å². The van der Waals surface area contributed by atoms with Crippen molar-refractivity contribution in [3.05, 3.63) is 89.5 Å². The van der Waals surface area contributed by atoms with Crippen LogP contribution in [0.25, 0.3) is 0 Å². The molecule has 2 amide bonds. The molecule has 0 aliphatic heterocycles. The van der Waals surface area contributed by atoms with Crippen molar-refractivity contribution in [1.29, 1.82) is 0 Å². The number of rotatable bonds is 7. The van der Waals surface area contributed by atoms with Crippen LogP contribution in [-0.4, -0.2) is 26.8 Å². The molecule has 160 valence electrons. The van der Waals surface area contributed by atoms with Crippen molar-refractivity contribution < 1.29 is 18.0 Å². The van der Waals surface area contributed by atoms with Crippen LogP contribution >= 0.6 is 0 Å². The highest BCUT2D eigenvalue weighted by atomic mass is 32.2. The van der Waals surface area contributed by atoms with Crippen LogP contribution in [0.4, 0.5) is 11.4 Å². The molecule has 3 aromatic rings. The van der Waals surface area contributed by atoms with Crippen molar-refractivity contribution >= 4 is 33.2 Å². The predicted octanol–water partition coefficient (Wildman–Crippen LogP) is 3.24. The number of nitrogens with one attached hydrogen (secondary N) is 1. The van der Waals surface area contributed by atoms with Crippen molar-refractivity contribution in [2.45, 2.75) is 18.7 Å². The second kappa shape index (κ2) is 9.01. The highest BCUT2D eigenvalue weighted by molar-refractivity contribution is 7.92. The Morgan fingerprint density at radius 3 is 2.23 bits per heavy atom. The van der Waals surface area contributed by atoms with Crippen LogP contribution in [0.2, 0.25) is 0 Å². The number of primary amides is 1. The summed E-state index contributed by atoms with van der Waals surface area (Å²) in [5, 5.41) is 2.59. The zero-order chi connectivity index (χ0) is 22.6. The van der Waals surface area contributed by atoms with Gasteiger partial charge in [-0.05, 0) is 55.8 Å². The molecule has 8 heteroatoms. The lowest BCUT2D eigenvalue weighted by molar-refractivity contribution is -0.114. The summed E-state index contributed by atoms with van der Waals surface area (Å²) in [5.41, 5.74) is 7.84. The van der Waals surface area contributed by atoms with Gasteiger partial charge in [0, 0.05) is 0 Å². The molecule has 0 heterocycles. The molecule has 0 aromatic heterocycles. The Labute approximate surface area is 181 Å². The molecule has 0 spiro atoms. The van der Waals surface area contributed by atoms with Gasteiger partial charge in [-0.15, -0.1) is 0 Å². The molecule has 0 saturated heterocycles. The van der Waals surface area contributed by atoms with Gasteiger partial charge in [0.15, 0.2) is 0 Å². The van der Waals surface area contributed by atoms with Crippen LogP contribution in [0, 0.1) is 13.8 Å². The van der Waals surface area contributed by atoms with E-state index in [1.807, 2.05) is 19.9 Å². The Hall–Kier alpha value is -3.65. The Bertz CT molecular complexity index is 1220. The monoisotopic (exact) mass is 437 g/mol. The van der Waals surface area contributed by atoms with E-state index in [0.717, 1.165) is 15.4 Å². The number of benzene rings is 3. The first kappa shape index (κ1) is 22.0. The van der Waals surface area contributed by atoms with Crippen molar-refractivity contribution in [2.24, 2.45) is 5.73 Å². The SMILES string of the molecule is Cc1ccc(S(=O)(=O)N(CC(=O)Nc2ccccc2C(N)=O)c2cccc(C)c2)cc1. The highest BCUT2D eigenvalue weighted by Gasteiger charge is 2.27. The number of amides is 2. The van der Waals surface area contributed by atoms with E-state index in [1.165, 1.54) is 24.3 Å². The topological polar surface area (TPSA) is 110 Å². The molecule has 0 bridgehead atoms. The maximum Gasteiger partial charge on any atom is 0.264 e. The summed E-state index contributed by atoms with van der Waals surface area (Å²) in [6.07, 6.45) is 0. The normalized spacial score (nSPS) is 11.0. The zero-order valence-electron chi connectivity index (χ0n) is 17.2. The van der Waals surface area contributed by atoms with Crippen molar-refractivity contribution in [1.82, 2.24) is 0 Å². The van der Waals surface area contributed by atoms with Crippen LogP contribution in [-0.2, 0) is 14.8 Å². The standard InChI is InChI=1S/C23H23N3O4S/c1-16-10-12-19(13-11-16)31(29,30)26(18-7-5-6-17(2)14-18)15-22(27)25-21-9-4-3-8-20(21)23(24)28/h3-14H,15H2,1-2H3,(H2,24,28)(H,25,27). The summed E-state index contributed by atoms with van der Waals surface area (Å²) < 4.78 is 27.8. The molecule has 0 aliphatic rings. The number of hydrogen-bond acceptors (Lipinski definition) is 4. The van der Waals surface area contributed by atoms with Crippen LogP contribution in [0.5, 0.6) is 0 Å².